The lowest BCUT2D eigenvalue weighted by atomic mass is 9.87. The highest BCUT2D eigenvalue weighted by molar-refractivity contribution is 5.17. The Kier molecular flexibility index (Phi) is 5.10. The molecule has 66 valence electrons. The maximum absolute atomic E-state index is 3.95. The van der Waals surface area contributed by atoms with Gasteiger partial charge < -0.3 is 0 Å². The fourth-order valence-corrected chi connectivity index (χ4v) is 1.15. The maximum Gasteiger partial charge on any atom is -0.0544 e. The Labute approximate surface area is 71.7 Å². The van der Waals surface area contributed by atoms with Crippen LogP contribution in [0.15, 0.2) is 12.2 Å². The second-order valence-corrected chi connectivity index (χ2v) is 3.51. The van der Waals surface area contributed by atoms with E-state index in [0.29, 0.717) is 0 Å². The predicted octanol–water partition coefficient (Wildman–Crippen LogP) is 3.98. The molecule has 0 aromatic carbocycles. The van der Waals surface area contributed by atoms with Crippen molar-refractivity contribution >= 4 is 0 Å². The van der Waals surface area contributed by atoms with Crippen molar-refractivity contribution in [3.63, 3.8) is 0 Å². The van der Waals surface area contributed by atoms with Gasteiger partial charge in [-0.1, -0.05) is 46.0 Å². The molecule has 0 aliphatic heterocycles. The van der Waals surface area contributed by atoms with E-state index in [2.05, 4.69) is 34.3 Å². The summed E-state index contributed by atoms with van der Waals surface area (Å²) in [5.41, 5.74) is 1.24. The van der Waals surface area contributed by atoms with Crippen LogP contribution in [0.3, 0.4) is 0 Å². The van der Waals surface area contributed by atoms with Crippen molar-refractivity contribution in [3.8, 4) is 0 Å². The first-order valence-corrected chi connectivity index (χ1v) is 4.58. The summed E-state index contributed by atoms with van der Waals surface area (Å²) in [5.74, 6) is 2.20. The zero-order valence-corrected chi connectivity index (χ0v) is 8.41. The highest BCUT2D eigenvalue weighted by Gasteiger charge is 2.02. The third-order valence-corrected chi connectivity index (χ3v) is 2.40. The molecule has 0 nitrogen and oxygen atoms in total. The average molecular weight is 153 g/mol. The van der Waals surface area contributed by atoms with Crippen molar-refractivity contribution in [1.29, 1.82) is 0 Å². The second kappa shape index (κ2) is 5.29. The van der Waals surface area contributed by atoms with Gasteiger partial charge in [-0.15, -0.1) is 6.92 Å². The van der Waals surface area contributed by atoms with Crippen molar-refractivity contribution in [1.82, 2.24) is 0 Å². The van der Waals surface area contributed by atoms with Crippen LogP contribution in [0.25, 0.3) is 0 Å². The van der Waals surface area contributed by atoms with E-state index >= 15 is 0 Å². The third-order valence-electron chi connectivity index (χ3n) is 2.40. The van der Waals surface area contributed by atoms with Gasteiger partial charge in [-0.2, -0.15) is 0 Å². The summed E-state index contributed by atoms with van der Waals surface area (Å²) in [6.45, 7) is 12.8. The predicted molar refractivity (Wildman–Crippen MR) is 52.4 cm³/mol. The van der Waals surface area contributed by atoms with Gasteiger partial charge >= 0.3 is 0 Å². The van der Waals surface area contributed by atoms with Crippen LogP contribution in [0.5, 0.6) is 0 Å². The van der Waals surface area contributed by atoms with Gasteiger partial charge in [-0.05, 0) is 0 Å². The Morgan fingerprint density at radius 3 is 2.45 bits per heavy atom. The van der Waals surface area contributed by atoms with Crippen LogP contribution >= 0.6 is 0 Å². The molecule has 0 bridgehead atoms. The van der Waals surface area contributed by atoms with Gasteiger partial charge in [0.05, 0.1) is 0 Å². The van der Waals surface area contributed by atoms with Crippen molar-refractivity contribution in [2.75, 3.05) is 0 Å². The molecule has 0 fully saturated rings. The Morgan fingerprint density at radius 1 is 1.55 bits per heavy atom. The minimum absolute atomic E-state index is 0.729. The normalized spacial score (nSPS) is 12.7. The van der Waals surface area contributed by atoms with Crippen LogP contribution in [0.1, 0.15) is 47.0 Å². The summed E-state index contributed by atoms with van der Waals surface area (Å²) >= 11 is 0. The van der Waals surface area contributed by atoms with E-state index in [4.69, 9.17) is 0 Å². The quantitative estimate of drug-likeness (QED) is 0.524. The first kappa shape index (κ1) is 10.6. The number of hydrogen-bond donors (Lipinski definition) is 0. The van der Waals surface area contributed by atoms with Gasteiger partial charge in [0, 0.05) is 0 Å². The van der Waals surface area contributed by atoms with Gasteiger partial charge in [-0.3, -0.25) is 0 Å². The lowest BCUT2D eigenvalue weighted by molar-refractivity contribution is 0.530. The maximum atomic E-state index is 3.95. The zero-order valence-electron chi connectivity index (χ0n) is 8.41. The van der Waals surface area contributed by atoms with Crippen molar-refractivity contribution in [3.05, 3.63) is 18.1 Å². The minimum Gasteiger partial charge on any atom is -0.242 e. The Bertz CT molecular complexity index is 113. The van der Waals surface area contributed by atoms with E-state index < -0.39 is 0 Å². The Hall–Kier alpha value is -0.390. The molecule has 0 spiro atoms. The molecule has 0 heteroatoms. The molecule has 0 N–H and O–H groups in total. The minimum atomic E-state index is 0.729. The standard InChI is InChI=1S/C11H21/c1-6-7-8-10(4)11(5)9(2)3/h10H,2,6-8H2,1,3-5H3/q-1. The largest absolute Gasteiger partial charge is 0.242 e. The van der Waals surface area contributed by atoms with Crippen LogP contribution in [0, 0.1) is 11.8 Å². The summed E-state index contributed by atoms with van der Waals surface area (Å²) in [7, 11) is 0. The van der Waals surface area contributed by atoms with Gasteiger partial charge in [0.1, 0.15) is 0 Å². The molecule has 0 saturated carbocycles. The summed E-state index contributed by atoms with van der Waals surface area (Å²) in [5, 5.41) is 0. The lowest BCUT2D eigenvalue weighted by Crippen LogP contribution is -2.06. The van der Waals surface area contributed by atoms with Crippen molar-refractivity contribution in [2.24, 2.45) is 5.92 Å². The number of allylic oxidation sites excluding steroid dienone is 1. The molecule has 0 rings (SSSR count). The monoisotopic (exact) mass is 153 g/mol. The van der Waals surface area contributed by atoms with Gasteiger partial charge in [0.25, 0.3) is 0 Å². The van der Waals surface area contributed by atoms with Crippen LogP contribution in [0.4, 0.5) is 0 Å². The van der Waals surface area contributed by atoms with Crippen LogP contribution in [0.2, 0.25) is 0 Å². The highest BCUT2D eigenvalue weighted by atomic mass is 14.2. The van der Waals surface area contributed by atoms with E-state index in [-0.39, 0.29) is 0 Å². The molecule has 0 amide bonds. The first-order chi connectivity index (χ1) is 5.09. The fraction of sp³-hybridized carbons (Fsp3) is 0.727. The summed E-state index contributed by atoms with van der Waals surface area (Å²) in [4.78, 5) is 0. The molecule has 1 atom stereocenters. The molecule has 0 aromatic heterocycles. The van der Waals surface area contributed by atoms with Crippen molar-refractivity contribution < 1.29 is 0 Å². The van der Waals surface area contributed by atoms with E-state index in [0.717, 1.165) is 5.92 Å². The fourth-order valence-electron chi connectivity index (χ4n) is 1.15. The van der Waals surface area contributed by atoms with Crippen LogP contribution in [-0.4, -0.2) is 0 Å². The number of rotatable bonds is 5. The third kappa shape index (κ3) is 4.13. The molecule has 0 aliphatic rings. The van der Waals surface area contributed by atoms with Gasteiger partial charge in [0.2, 0.25) is 0 Å². The molecular weight excluding hydrogens is 132 g/mol. The highest BCUT2D eigenvalue weighted by Crippen LogP contribution is 2.24. The zero-order chi connectivity index (χ0) is 8.85. The summed E-state index contributed by atoms with van der Waals surface area (Å²) in [6.07, 6.45) is 3.95. The van der Waals surface area contributed by atoms with E-state index in [9.17, 15) is 0 Å². The molecular formula is C11H21-. The molecule has 0 saturated heterocycles. The molecule has 0 radical (unpaired) electrons. The molecule has 0 heterocycles. The van der Waals surface area contributed by atoms with E-state index in [1.54, 1.807) is 0 Å². The summed E-state index contributed by atoms with van der Waals surface area (Å²) in [6, 6.07) is 0. The average Bonchev–Trinajstić information content (AvgIpc) is 1.98. The molecule has 0 aliphatic carbocycles. The lowest BCUT2D eigenvalue weighted by Gasteiger charge is -2.29. The summed E-state index contributed by atoms with van der Waals surface area (Å²) < 4.78 is 0. The Morgan fingerprint density at radius 2 is 2.09 bits per heavy atom. The number of unbranched alkanes of at least 4 members (excludes halogenated alkanes) is 1. The second-order valence-electron chi connectivity index (χ2n) is 3.51. The van der Waals surface area contributed by atoms with E-state index in [1.807, 2.05) is 0 Å². The Balaban J connectivity index is 3.63. The molecule has 0 aromatic rings. The van der Waals surface area contributed by atoms with Crippen molar-refractivity contribution in [2.45, 2.75) is 47.0 Å². The topological polar surface area (TPSA) is 0 Å². The van der Waals surface area contributed by atoms with Gasteiger partial charge in [0.15, 0.2) is 0 Å². The van der Waals surface area contributed by atoms with Gasteiger partial charge in [-0.25, -0.2) is 18.1 Å². The van der Waals surface area contributed by atoms with Crippen LogP contribution < -0.4 is 0 Å². The smallest absolute Gasteiger partial charge is 0.0544 e. The first-order valence-electron chi connectivity index (χ1n) is 4.58. The molecule has 11 heavy (non-hydrogen) atoms. The SMILES string of the molecule is C=C(C)[C-](C)C(C)CCCC. The van der Waals surface area contributed by atoms with Crippen LogP contribution in [-0.2, 0) is 0 Å². The number of hydrogen-bond acceptors (Lipinski definition) is 0. The van der Waals surface area contributed by atoms with E-state index in [1.165, 1.54) is 30.8 Å². The molecule has 1 unspecified atom stereocenters.